The number of nitrogens with one attached hydrogen (secondary N) is 1. The molecule has 0 aliphatic carbocycles. The van der Waals surface area contributed by atoms with Crippen LogP contribution in [0.25, 0.3) is 6.08 Å². The third-order valence-electron chi connectivity index (χ3n) is 3.37. The summed E-state index contributed by atoms with van der Waals surface area (Å²) in [6.07, 6.45) is 6.13. The van der Waals surface area contributed by atoms with Crippen LogP contribution in [-0.2, 0) is 4.79 Å². The fraction of sp³-hybridized carbons (Fsp3) is 0.375. The number of ether oxygens (including phenoxy) is 1. The van der Waals surface area contributed by atoms with Gasteiger partial charge in [-0.2, -0.15) is 16.9 Å². The lowest BCUT2D eigenvalue weighted by atomic mass is 10.0. The van der Waals surface area contributed by atoms with Gasteiger partial charge in [0, 0.05) is 11.1 Å². The van der Waals surface area contributed by atoms with Crippen LogP contribution in [0.15, 0.2) is 34.9 Å². The van der Waals surface area contributed by atoms with Crippen LogP contribution in [0.4, 0.5) is 0 Å². The zero-order chi connectivity index (χ0) is 15.9. The lowest BCUT2D eigenvalue weighted by Crippen LogP contribution is -2.38. The average Bonchev–Trinajstić information content (AvgIpc) is 2.52. The van der Waals surface area contributed by atoms with E-state index in [1.165, 1.54) is 0 Å². The maximum atomic E-state index is 11.8. The third kappa shape index (κ3) is 4.35. The van der Waals surface area contributed by atoms with Gasteiger partial charge in [-0.3, -0.25) is 4.79 Å². The van der Waals surface area contributed by atoms with Gasteiger partial charge < -0.3 is 10.5 Å². The van der Waals surface area contributed by atoms with Crippen LogP contribution in [0.5, 0.6) is 5.75 Å². The zero-order valence-corrected chi connectivity index (χ0v) is 13.6. The van der Waals surface area contributed by atoms with E-state index in [9.17, 15) is 4.79 Å². The van der Waals surface area contributed by atoms with Crippen LogP contribution in [0.3, 0.4) is 0 Å². The number of fused-ring (bicyclic) bond motifs is 1. The third-order valence-corrected chi connectivity index (χ3v) is 4.02. The van der Waals surface area contributed by atoms with E-state index in [1.807, 2.05) is 43.5 Å². The number of amides is 1. The van der Waals surface area contributed by atoms with Crippen molar-refractivity contribution in [3.63, 3.8) is 0 Å². The summed E-state index contributed by atoms with van der Waals surface area (Å²) in [5, 5.41) is 3.99. The van der Waals surface area contributed by atoms with Gasteiger partial charge in [0.15, 0.2) is 0 Å². The smallest absolute Gasteiger partial charge is 0.256 e. The van der Waals surface area contributed by atoms with E-state index in [2.05, 4.69) is 10.5 Å². The molecule has 0 saturated heterocycles. The fourth-order valence-corrected chi connectivity index (χ4v) is 2.52. The van der Waals surface area contributed by atoms with E-state index in [4.69, 9.17) is 10.5 Å². The highest BCUT2D eigenvalue weighted by Gasteiger charge is 2.17. The van der Waals surface area contributed by atoms with E-state index in [1.54, 1.807) is 18.0 Å². The SMILES string of the molecule is CSCC[C@@H](N)C(=O)N/N=C\C1=Cc2ccccc2O[C@H]1C. The van der Waals surface area contributed by atoms with Gasteiger partial charge >= 0.3 is 0 Å². The summed E-state index contributed by atoms with van der Waals surface area (Å²) < 4.78 is 5.80. The number of para-hydroxylation sites is 1. The second kappa shape index (κ2) is 8.00. The molecule has 5 nitrogen and oxygen atoms in total. The minimum Gasteiger partial charge on any atom is -0.485 e. The first-order valence-corrected chi connectivity index (χ1v) is 8.56. The zero-order valence-electron chi connectivity index (χ0n) is 12.8. The Kier molecular flexibility index (Phi) is 6.03. The molecular weight excluding hydrogens is 298 g/mol. The van der Waals surface area contributed by atoms with Crippen molar-refractivity contribution in [2.24, 2.45) is 10.8 Å². The first-order chi connectivity index (χ1) is 10.6. The Labute approximate surface area is 135 Å². The predicted molar refractivity (Wildman–Crippen MR) is 92.1 cm³/mol. The normalized spacial score (nSPS) is 18.3. The molecule has 118 valence electrons. The summed E-state index contributed by atoms with van der Waals surface area (Å²) in [6.45, 7) is 1.94. The average molecular weight is 319 g/mol. The van der Waals surface area contributed by atoms with Crippen molar-refractivity contribution < 1.29 is 9.53 Å². The Balaban J connectivity index is 1.96. The van der Waals surface area contributed by atoms with Crippen LogP contribution >= 0.6 is 11.8 Å². The van der Waals surface area contributed by atoms with E-state index in [-0.39, 0.29) is 12.0 Å². The van der Waals surface area contributed by atoms with E-state index in [0.717, 1.165) is 22.6 Å². The van der Waals surface area contributed by atoms with Crippen molar-refractivity contribution >= 4 is 30.0 Å². The van der Waals surface area contributed by atoms with Gasteiger partial charge in [-0.1, -0.05) is 18.2 Å². The standard InChI is InChI=1S/C16H21N3O2S/c1-11-13(9-12-5-3-4-6-15(12)21-11)10-18-19-16(20)14(17)7-8-22-2/h3-6,9-11,14H,7-8,17H2,1-2H3,(H,19,20)/b18-10-/t11-,14+/m0/s1. The molecule has 3 N–H and O–H groups in total. The van der Waals surface area contributed by atoms with Gasteiger partial charge in [-0.25, -0.2) is 5.43 Å². The molecule has 0 spiro atoms. The maximum absolute atomic E-state index is 11.8. The number of hydrogen-bond donors (Lipinski definition) is 2. The number of nitrogens with two attached hydrogens (primary N) is 1. The van der Waals surface area contributed by atoms with Gasteiger partial charge in [-0.15, -0.1) is 0 Å². The summed E-state index contributed by atoms with van der Waals surface area (Å²) in [6, 6.07) is 7.28. The second-order valence-electron chi connectivity index (χ2n) is 5.06. The van der Waals surface area contributed by atoms with Crippen LogP contribution in [-0.4, -0.2) is 36.3 Å². The summed E-state index contributed by atoms with van der Waals surface area (Å²) in [7, 11) is 0. The number of nitrogens with zero attached hydrogens (tertiary/aromatic N) is 1. The minimum absolute atomic E-state index is 0.110. The number of hydrazone groups is 1. The highest BCUT2D eigenvalue weighted by atomic mass is 32.2. The Morgan fingerprint density at radius 1 is 1.55 bits per heavy atom. The maximum Gasteiger partial charge on any atom is 0.256 e. The Bertz CT molecular complexity index is 587. The van der Waals surface area contributed by atoms with E-state index >= 15 is 0 Å². The molecule has 1 aliphatic heterocycles. The Hall–Kier alpha value is -1.79. The van der Waals surface area contributed by atoms with Gasteiger partial charge in [0.2, 0.25) is 0 Å². The lowest BCUT2D eigenvalue weighted by Gasteiger charge is -2.22. The molecule has 0 aromatic heterocycles. The number of thioether (sulfide) groups is 1. The van der Waals surface area contributed by atoms with Crippen LogP contribution in [0, 0.1) is 0 Å². The van der Waals surface area contributed by atoms with Crippen molar-refractivity contribution in [2.75, 3.05) is 12.0 Å². The lowest BCUT2D eigenvalue weighted by molar-refractivity contribution is -0.122. The number of hydrogen-bond acceptors (Lipinski definition) is 5. The molecule has 0 fully saturated rings. The summed E-state index contributed by atoms with van der Waals surface area (Å²) in [5.41, 5.74) is 10.2. The van der Waals surface area contributed by atoms with Crippen molar-refractivity contribution in [2.45, 2.75) is 25.5 Å². The predicted octanol–water partition coefficient (Wildman–Crippen LogP) is 2.03. The molecule has 1 aliphatic rings. The Morgan fingerprint density at radius 3 is 3.09 bits per heavy atom. The topological polar surface area (TPSA) is 76.7 Å². The van der Waals surface area contributed by atoms with E-state index in [0.29, 0.717) is 6.42 Å². The van der Waals surface area contributed by atoms with Crippen molar-refractivity contribution in [3.05, 3.63) is 35.4 Å². The molecule has 1 amide bonds. The highest BCUT2D eigenvalue weighted by Crippen LogP contribution is 2.28. The largest absolute Gasteiger partial charge is 0.485 e. The molecule has 2 atom stereocenters. The van der Waals surface area contributed by atoms with Crippen molar-refractivity contribution in [3.8, 4) is 5.75 Å². The summed E-state index contributed by atoms with van der Waals surface area (Å²) in [4.78, 5) is 11.8. The molecule has 0 radical (unpaired) electrons. The molecule has 0 bridgehead atoms. The summed E-state index contributed by atoms with van der Waals surface area (Å²) in [5.74, 6) is 1.44. The quantitative estimate of drug-likeness (QED) is 0.621. The summed E-state index contributed by atoms with van der Waals surface area (Å²) >= 11 is 1.66. The molecule has 1 aromatic rings. The van der Waals surface area contributed by atoms with Crippen LogP contribution < -0.4 is 15.9 Å². The molecule has 22 heavy (non-hydrogen) atoms. The second-order valence-corrected chi connectivity index (χ2v) is 6.05. The highest BCUT2D eigenvalue weighted by molar-refractivity contribution is 7.98. The first kappa shape index (κ1) is 16.6. The molecule has 6 heteroatoms. The molecule has 1 aromatic carbocycles. The minimum atomic E-state index is -0.528. The number of benzene rings is 1. The molecule has 2 rings (SSSR count). The van der Waals surface area contributed by atoms with Crippen LogP contribution in [0.2, 0.25) is 0 Å². The number of carbonyl (C=O) groups is 1. The monoisotopic (exact) mass is 319 g/mol. The van der Waals surface area contributed by atoms with Gasteiger partial charge in [-0.05, 0) is 37.5 Å². The number of carbonyl (C=O) groups excluding carboxylic acids is 1. The molecule has 0 saturated carbocycles. The molecule has 0 unspecified atom stereocenters. The van der Waals surface area contributed by atoms with Crippen LogP contribution in [0.1, 0.15) is 18.9 Å². The van der Waals surface area contributed by atoms with Crippen molar-refractivity contribution in [1.29, 1.82) is 0 Å². The van der Waals surface area contributed by atoms with E-state index < -0.39 is 6.04 Å². The van der Waals surface area contributed by atoms with Crippen molar-refractivity contribution in [1.82, 2.24) is 5.43 Å². The van der Waals surface area contributed by atoms with Gasteiger partial charge in [0.25, 0.3) is 5.91 Å². The number of rotatable bonds is 6. The molecular formula is C16H21N3O2S. The Morgan fingerprint density at radius 2 is 2.32 bits per heavy atom. The first-order valence-electron chi connectivity index (χ1n) is 7.16. The fourth-order valence-electron chi connectivity index (χ4n) is 2.03. The van der Waals surface area contributed by atoms with Gasteiger partial charge in [0.1, 0.15) is 11.9 Å². The van der Waals surface area contributed by atoms with Gasteiger partial charge in [0.05, 0.1) is 12.3 Å². The molecule has 1 heterocycles.